The molecule has 2 aromatic heterocycles. The van der Waals surface area contributed by atoms with Crippen LogP contribution >= 0.6 is 0 Å². The average molecular weight is 356 g/mol. The molecule has 0 unspecified atom stereocenters. The summed E-state index contributed by atoms with van der Waals surface area (Å²) in [4.78, 5) is 17.1. The molecule has 4 rings (SSSR count). The van der Waals surface area contributed by atoms with Crippen molar-refractivity contribution in [3.05, 3.63) is 35.9 Å². The molecule has 1 amide bonds. The van der Waals surface area contributed by atoms with E-state index in [2.05, 4.69) is 32.4 Å². The Morgan fingerprint density at radius 1 is 1.38 bits per heavy atom. The number of carbonyl (C=O) groups is 1. The molecule has 0 aliphatic carbocycles. The van der Waals surface area contributed by atoms with Gasteiger partial charge in [0.1, 0.15) is 0 Å². The molecular formula is C17H20N6O3. The van der Waals surface area contributed by atoms with Crippen LogP contribution in [0.5, 0.6) is 0 Å². The highest BCUT2D eigenvalue weighted by molar-refractivity contribution is 5.83. The Kier molecular flexibility index (Phi) is 4.29. The summed E-state index contributed by atoms with van der Waals surface area (Å²) in [5.74, 6) is 1.22. The first kappa shape index (κ1) is 16.5. The maximum Gasteiger partial charge on any atom is 0.404 e. The lowest BCUT2D eigenvalue weighted by atomic mass is 10.0. The molecule has 9 heteroatoms. The van der Waals surface area contributed by atoms with E-state index < -0.39 is 6.09 Å². The van der Waals surface area contributed by atoms with Gasteiger partial charge >= 0.3 is 6.09 Å². The fourth-order valence-corrected chi connectivity index (χ4v) is 3.25. The first-order valence-electron chi connectivity index (χ1n) is 8.65. The van der Waals surface area contributed by atoms with Crippen molar-refractivity contribution in [2.45, 2.75) is 19.3 Å². The van der Waals surface area contributed by atoms with Gasteiger partial charge in [0.2, 0.25) is 5.89 Å². The number of nitrogens with zero attached hydrogens (tertiary/aromatic N) is 5. The van der Waals surface area contributed by atoms with Crippen LogP contribution in [0.25, 0.3) is 16.9 Å². The largest absolute Gasteiger partial charge is 0.465 e. The van der Waals surface area contributed by atoms with Gasteiger partial charge in [-0.15, -0.1) is 0 Å². The molecule has 0 spiro atoms. The van der Waals surface area contributed by atoms with Gasteiger partial charge in [0.25, 0.3) is 5.95 Å². The van der Waals surface area contributed by atoms with Gasteiger partial charge in [-0.2, -0.15) is 14.8 Å². The van der Waals surface area contributed by atoms with Crippen LogP contribution in [-0.4, -0.2) is 62.2 Å². The Labute approximate surface area is 149 Å². The van der Waals surface area contributed by atoms with Crippen LogP contribution in [0.4, 0.5) is 4.79 Å². The third kappa shape index (κ3) is 3.01. The molecule has 1 aliphatic heterocycles. The first-order chi connectivity index (χ1) is 12.7. The molecule has 136 valence electrons. The zero-order chi connectivity index (χ0) is 18.1. The molecule has 2 N–H and O–H groups in total. The SMILES string of the molecule is CCc1nn(-c2noc(C3CN(CCNC(=O)O)C3)n2)c2ccccc12. The number of benzene rings is 1. The number of hydrogen-bond donors (Lipinski definition) is 2. The summed E-state index contributed by atoms with van der Waals surface area (Å²) in [5.41, 5.74) is 1.97. The van der Waals surface area contributed by atoms with E-state index in [1.54, 1.807) is 4.68 Å². The highest BCUT2D eigenvalue weighted by Crippen LogP contribution is 2.27. The van der Waals surface area contributed by atoms with Crippen LogP contribution in [0.3, 0.4) is 0 Å². The molecule has 3 aromatic rings. The molecule has 0 bridgehead atoms. The normalized spacial score (nSPS) is 15.3. The summed E-state index contributed by atoms with van der Waals surface area (Å²) in [5, 5.41) is 20.8. The van der Waals surface area contributed by atoms with Gasteiger partial charge in [-0.3, -0.25) is 4.90 Å². The van der Waals surface area contributed by atoms with E-state index in [9.17, 15) is 4.79 Å². The van der Waals surface area contributed by atoms with Gasteiger partial charge in [-0.1, -0.05) is 25.1 Å². The molecule has 1 aromatic carbocycles. The van der Waals surface area contributed by atoms with Crippen molar-refractivity contribution in [1.82, 2.24) is 30.1 Å². The lowest BCUT2D eigenvalue weighted by Gasteiger charge is -2.36. The Bertz CT molecular complexity index is 928. The summed E-state index contributed by atoms with van der Waals surface area (Å²) >= 11 is 0. The number of fused-ring (bicyclic) bond motifs is 1. The minimum atomic E-state index is -0.999. The van der Waals surface area contributed by atoms with E-state index in [1.165, 1.54) is 0 Å². The van der Waals surface area contributed by atoms with Gasteiger partial charge in [-0.25, -0.2) is 4.79 Å². The van der Waals surface area contributed by atoms with Crippen LogP contribution in [0.15, 0.2) is 28.8 Å². The number of amides is 1. The number of likely N-dealkylation sites (tertiary alicyclic amines) is 1. The van der Waals surface area contributed by atoms with Gasteiger partial charge in [0, 0.05) is 31.6 Å². The minimum Gasteiger partial charge on any atom is -0.465 e. The van der Waals surface area contributed by atoms with Crippen LogP contribution in [0.1, 0.15) is 24.4 Å². The van der Waals surface area contributed by atoms with Crippen molar-refractivity contribution in [3.8, 4) is 5.95 Å². The number of rotatable bonds is 6. The molecule has 26 heavy (non-hydrogen) atoms. The van der Waals surface area contributed by atoms with Crippen molar-refractivity contribution in [2.75, 3.05) is 26.2 Å². The number of para-hydroxylation sites is 1. The minimum absolute atomic E-state index is 0.175. The van der Waals surface area contributed by atoms with E-state index in [-0.39, 0.29) is 5.92 Å². The second kappa shape index (κ2) is 6.75. The quantitative estimate of drug-likeness (QED) is 0.691. The molecule has 3 heterocycles. The summed E-state index contributed by atoms with van der Waals surface area (Å²) < 4.78 is 7.18. The summed E-state index contributed by atoms with van der Waals surface area (Å²) in [6.07, 6.45) is -0.165. The highest BCUT2D eigenvalue weighted by atomic mass is 16.5. The van der Waals surface area contributed by atoms with Crippen molar-refractivity contribution < 1.29 is 14.4 Å². The van der Waals surface area contributed by atoms with Crippen molar-refractivity contribution in [3.63, 3.8) is 0 Å². The molecule has 0 radical (unpaired) electrons. The fraction of sp³-hybridized carbons (Fsp3) is 0.412. The van der Waals surface area contributed by atoms with Crippen molar-refractivity contribution in [1.29, 1.82) is 0 Å². The van der Waals surface area contributed by atoms with E-state index in [0.29, 0.717) is 24.9 Å². The Balaban J connectivity index is 1.46. The highest BCUT2D eigenvalue weighted by Gasteiger charge is 2.32. The standard InChI is InChI=1S/C17H20N6O3/c1-2-13-12-5-3-4-6-14(12)23(20-13)16-19-15(26-21-16)11-9-22(10-11)8-7-18-17(24)25/h3-6,11,18H,2,7-10H2,1H3,(H,24,25). The zero-order valence-electron chi connectivity index (χ0n) is 14.4. The van der Waals surface area contributed by atoms with Gasteiger partial charge in [0.05, 0.1) is 17.1 Å². The lowest BCUT2D eigenvalue weighted by Crippen LogP contribution is -2.48. The summed E-state index contributed by atoms with van der Waals surface area (Å²) in [6, 6.07) is 8.01. The van der Waals surface area contributed by atoms with E-state index in [1.807, 2.05) is 24.3 Å². The maximum absolute atomic E-state index is 10.5. The Morgan fingerprint density at radius 3 is 2.96 bits per heavy atom. The molecule has 1 saturated heterocycles. The van der Waals surface area contributed by atoms with E-state index in [4.69, 9.17) is 9.63 Å². The zero-order valence-corrected chi connectivity index (χ0v) is 14.4. The smallest absolute Gasteiger partial charge is 0.404 e. The third-order valence-electron chi connectivity index (χ3n) is 4.63. The van der Waals surface area contributed by atoms with Gasteiger partial charge in [-0.05, 0) is 17.6 Å². The maximum atomic E-state index is 10.5. The number of aromatic nitrogens is 4. The van der Waals surface area contributed by atoms with E-state index >= 15 is 0 Å². The van der Waals surface area contributed by atoms with Crippen LogP contribution < -0.4 is 5.32 Å². The van der Waals surface area contributed by atoms with Gasteiger partial charge in [0.15, 0.2) is 0 Å². The third-order valence-corrected chi connectivity index (χ3v) is 4.63. The predicted molar refractivity (Wildman–Crippen MR) is 93.5 cm³/mol. The topological polar surface area (TPSA) is 109 Å². The first-order valence-corrected chi connectivity index (χ1v) is 8.65. The van der Waals surface area contributed by atoms with E-state index in [0.717, 1.165) is 36.1 Å². The van der Waals surface area contributed by atoms with Crippen molar-refractivity contribution in [2.24, 2.45) is 0 Å². The molecule has 1 aliphatic rings. The monoisotopic (exact) mass is 356 g/mol. The summed E-state index contributed by atoms with van der Waals surface area (Å²) in [7, 11) is 0. The van der Waals surface area contributed by atoms with Crippen LogP contribution in [0.2, 0.25) is 0 Å². The molecule has 9 nitrogen and oxygen atoms in total. The van der Waals surface area contributed by atoms with Gasteiger partial charge < -0.3 is 14.9 Å². The molecule has 0 atom stereocenters. The van der Waals surface area contributed by atoms with Crippen LogP contribution in [-0.2, 0) is 6.42 Å². The average Bonchev–Trinajstić information content (AvgIpc) is 3.21. The number of carboxylic acid groups (broad SMARTS) is 1. The number of hydrogen-bond acceptors (Lipinski definition) is 6. The predicted octanol–water partition coefficient (Wildman–Crippen LogP) is 1.64. The van der Waals surface area contributed by atoms with Crippen molar-refractivity contribution >= 4 is 17.0 Å². The second-order valence-corrected chi connectivity index (χ2v) is 6.35. The fourth-order valence-electron chi connectivity index (χ4n) is 3.25. The molecular weight excluding hydrogens is 336 g/mol. The Hall–Kier alpha value is -2.94. The summed E-state index contributed by atoms with van der Waals surface area (Å²) in [6.45, 7) is 4.72. The number of nitrogens with one attached hydrogen (secondary N) is 1. The molecule has 0 saturated carbocycles. The number of aryl methyl sites for hydroxylation is 1. The van der Waals surface area contributed by atoms with Crippen LogP contribution in [0, 0.1) is 0 Å². The lowest BCUT2D eigenvalue weighted by molar-refractivity contribution is 0.124. The second-order valence-electron chi connectivity index (χ2n) is 6.35. The Morgan fingerprint density at radius 2 is 2.19 bits per heavy atom. The molecule has 1 fully saturated rings.